The zero-order chi connectivity index (χ0) is 15.4. The summed E-state index contributed by atoms with van der Waals surface area (Å²) in [7, 11) is 0. The summed E-state index contributed by atoms with van der Waals surface area (Å²) in [6.45, 7) is 2.54. The summed E-state index contributed by atoms with van der Waals surface area (Å²) in [4.78, 5) is 20.3. The first-order valence-corrected chi connectivity index (χ1v) is 7.26. The van der Waals surface area contributed by atoms with Gasteiger partial charge in [0.1, 0.15) is 18.7 Å². The molecule has 8 heteroatoms. The average molecular weight is 301 g/mol. The highest BCUT2D eigenvalue weighted by Gasteiger charge is 2.30. The molecule has 2 aromatic rings. The van der Waals surface area contributed by atoms with E-state index in [2.05, 4.69) is 31.2 Å². The molecular formula is C14H19N7O. The molecule has 22 heavy (non-hydrogen) atoms. The molecule has 1 aliphatic rings. The van der Waals surface area contributed by atoms with Crippen LogP contribution in [-0.2, 0) is 11.3 Å². The topological polar surface area (TPSA) is 96.8 Å². The third-order valence-electron chi connectivity index (χ3n) is 3.62. The lowest BCUT2D eigenvalue weighted by Gasteiger charge is -2.16. The maximum atomic E-state index is 12.3. The number of carbonyl (C=O) groups excluding carboxylic acids is 1. The minimum atomic E-state index is -0.261. The van der Waals surface area contributed by atoms with Gasteiger partial charge in [0, 0.05) is 24.5 Å². The smallest absolute Gasteiger partial charge is 0.238 e. The van der Waals surface area contributed by atoms with Gasteiger partial charge in [0.05, 0.1) is 6.54 Å². The van der Waals surface area contributed by atoms with Crippen LogP contribution in [0, 0.1) is 0 Å². The maximum Gasteiger partial charge on any atom is 0.238 e. The largest absolute Gasteiger partial charge is 0.350 e. The maximum absolute atomic E-state index is 12.3. The van der Waals surface area contributed by atoms with Crippen molar-refractivity contribution in [2.75, 3.05) is 0 Å². The zero-order valence-electron chi connectivity index (χ0n) is 12.3. The minimum absolute atomic E-state index is 0.0200. The first kappa shape index (κ1) is 14.6. The molecule has 0 radical (unpaired) electrons. The van der Waals surface area contributed by atoms with E-state index in [-0.39, 0.29) is 24.0 Å². The Bertz CT molecular complexity index is 601. The molecule has 3 atom stereocenters. The van der Waals surface area contributed by atoms with Crippen molar-refractivity contribution in [3.63, 3.8) is 0 Å². The number of hydrogen-bond donors (Lipinski definition) is 3. The van der Waals surface area contributed by atoms with Crippen LogP contribution in [0.3, 0.4) is 0 Å². The lowest BCUT2D eigenvalue weighted by Crippen LogP contribution is -2.47. The van der Waals surface area contributed by atoms with Crippen LogP contribution in [0.1, 0.15) is 24.9 Å². The number of nitrogens with one attached hydrogen (secondary N) is 3. The predicted octanol–water partition coefficient (Wildman–Crippen LogP) is -0.214. The van der Waals surface area contributed by atoms with Crippen LogP contribution in [0.5, 0.6) is 0 Å². The molecule has 0 bridgehead atoms. The molecule has 1 aliphatic heterocycles. The Morgan fingerprint density at radius 3 is 3.14 bits per heavy atom. The summed E-state index contributed by atoms with van der Waals surface area (Å²) >= 11 is 0. The lowest BCUT2D eigenvalue weighted by atomic mass is 10.0. The molecule has 0 aliphatic carbocycles. The summed E-state index contributed by atoms with van der Waals surface area (Å²) in [5.74, 6) is -0.0218. The standard InChI is InChI=1S/C14H19N7O/c1-10(7-21-9-16-8-17-21)18-14(22)13-5-12(19-20-13)11-3-2-4-15-6-11/h2-4,6,8-10,12-13,19-20H,5,7H2,1H3,(H,18,22). The summed E-state index contributed by atoms with van der Waals surface area (Å²) < 4.78 is 1.70. The second kappa shape index (κ2) is 6.63. The van der Waals surface area contributed by atoms with Gasteiger partial charge < -0.3 is 5.32 Å². The van der Waals surface area contributed by atoms with Crippen molar-refractivity contribution in [2.24, 2.45) is 0 Å². The summed E-state index contributed by atoms with van der Waals surface area (Å²) in [6, 6.07) is 3.71. The van der Waals surface area contributed by atoms with Crippen molar-refractivity contribution in [3.05, 3.63) is 42.7 Å². The van der Waals surface area contributed by atoms with Gasteiger partial charge in [-0.05, 0) is 25.0 Å². The Kier molecular flexibility index (Phi) is 4.40. The Morgan fingerprint density at radius 2 is 2.41 bits per heavy atom. The van der Waals surface area contributed by atoms with Crippen LogP contribution in [0.15, 0.2) is 37.2 Å². The number of rotatable bonds is 5. The van der Waals surface area contributed by atoms with Crippen LogP contribution in [0.25, 0.3) is 0 Å². The third kappa shape index (κ3) is 3.46. The molecule has 116 valence electrons. The normalized spacial score (nSPS) is 22.4. The first-order valence-electron chi connectivity index (χ1n) is 7.26. The van der Waals surface area contributed by atoms with Gasteiger partial charge in [-0.3, -0.25) is 14.5 Å². The number of nitrogens with zero attached hydrogens (tertiary/aromatic N) is 4. The molecule has 3 rings (SSSR count). The number of amides is 1. The zero-order valence-corrected chi connectivity index (χ0v) is 12.3. The van der Waals surface area contributed by atoms with E-state index in [9.17, 15) is 4.79 Å². The average Bonchev–Trinajstić information content (AvgIpc) is 3.19. The molecule has 2 aromatic heterocycles. The lowest BCUT2D eigenvalue weighted by molar-refractivity contribution is -0.123. The van der Waals surface area contributed by atoms with Gasteiger partial charge in [0.15, 0.2) is 0 Å². The van der Waals surface area contributed by atoms with Gasteiger partial charge in [-0.15, -0.1) is 0 Å². The molecule has 1 saturated heterocycles. The van der Waals surface area contributed by atoms with Crippen LogP contribution in [-0.4, -0.2) is 37.7 Å². The fourth-order valence-electron chi connectivity index (χ4n) is 2.53. The second-order valence-corrected chi connectivity index (χ2v) is 5.44. The van der Waals surface area contributed by atoms with Gasteiger partial charge in [-0.25, -0.2) is 15.8 Å². The highest BCUT2D eigenvalue weighted by atomic mass is 16.2. The Balaban J connectivity index is 1.51. The summed E-state index contributed by atoms with van der Waals surface area (Å²) in [5, 5.41) is 7.02. The number of carbonyl (C=O) groups is 1. The quantitative estimate of drug-likeness (QED) is 0.707. The van der Waals surface area contributed by atoms with E-state index >= 15 is 0 Å². The molecule has 0 saturated carbocycles. The van der Waals surface area contributed by atoms with Crippen LogP contribution < -0.4 is 16.2 Å². The van der Waals surface area contributed by atoms with Crippen molar-refractivity contribution in [1.29, 1.82) is 0 Å². The summed E-state index contributed by atoms with van der Waals surface area (Å²) in [5.41, 5.74) is 7.26. The van der Waals surface area contributed by atoms with Gasteiger partial charge in [-0.2, -0.15) is 5.10 Å². The fourth-order valence-corrected chi connectivity index (χ4v) is 2.53. The number of hydrogen-bond acceptors (Lipinski definition) is 6. The molecule has 1 fully saturated rings. The monoisotopic (exact) mass is 301 g/mol. The van der Waals surface area contributed by atoms with Crippen LogP contribution in [0.2, 0.25) is 0 Å². The van der Waals surface area contributed by atoms with E-state index in [0.29, 0.717) is 13.0 Å². The van der Waals surface area contributed by atoms with Crippen molar-refractivity contribution in [2.45, 2.75) is 38.0 Å². The predicted molar refractivity (Wildman–Crippen MR) is 79.3 cm³/mol. The van der Waals surface area contributed by atoms with Gasteiger partial charge in [-0.1, -0.05) is 6.07 Å². The highest BCUT2D eigenvalue weighted by molar-refractivity contribution is 5.82. The number of pyridine rings is 1. The van der Waals surface area contributed by atoms with E-state index in [1.165, 1.54) is 6.33 Å². The first-order chi connectivity index (χ1) is 10.7. The molecule has 1 amide bonds. The molecule has 0 spiro atoms. The molecule has 0 aromatic carbocycles. The van der Waals surface area contributed by atoms with E-state index in [4.69, 9.17) is 0 Å². The summed E-state index contributed by atoms with van der Waals surface area (Å²) in [6.07, 6.45) is 7.36. The Morgan fingerprint density at radius 1 is 1.50 bits per heavy atom. The number of hydrazine groups is 1. The van der Waals surface area contributed by atoms with Gasteiger partial charge in [0.2, 0.25) is 5.91 Å². The van der Waals surface area contributed by atoms with E-state index in [1.807, 2.05) is 25.3 Å². The van der Waals surface area contributed by atoms with Crippen LogP contribution in [0.4, 0.5) is 0 Å². The van der Waals surface area contributed by atoms with Crippen LogP contribution >= 0.6 is 0 Å². The van der Waals surface area contributed by atoms with Crippen molar-refractivity contribution < 1.29 is 4.79 Å². The van der Waals surface area contributed by atoms with E-state index < -0.39 is 0 Å². The van der Waals surface area contributed by atoms with Crippen molar-refractivity contribution >= 4 is 5.91 Å². The Hall–Kier alpha value is -2.32. The molecular weight excluding hydrogens is 282 g/mol. The second-order valence-electron chi connectivity index (χ2n) is 5.44. The van der Waals surface area contributed by atoms with E-state index in [0.717, 1.165) is 5.56 Å². The number of aromatic nitrogens is 4. The van der Waals surface area contributed by atoms with Gasteiger partial charge in [0.25, 0.3) is 0 Å². The van der Waals surface area contributed by atoms with Crippen molar-refractivity contribution in [1.82, 2.24) is 35.9 Å². The molecule has 8 nitrogen and oxygen atoms in total. The van der Waals surface area contributed by atoms with E-state index in [1.54, 1.807) is 17.2 Å². The molecule has 3 unspecified atom stereocenters. The SMILES string of the molecule is CC(Cn1cncn1)NC(=O)C1CC(c2cccnc2)NN1. The molecule has 3 heterocycles. The molecule has 3 N–H and O–H groups in total. The van der Waals surface area contributed by atoms with Gasteiger partial charge >= 0.3 is 0 Å². The van der Waals surface area contributed by atoms with Crippen molar-refractivity contribution in [3.8, 4) is 0 Å². The fraction of sp³-hybridized carbons (Fsp3) is 0.429. The Labute approximate surface area is 128 Å². The highest BCUT2D eigenvalue weighted by Crippen LogP contribution is 2.21. The minimum Gasteiger partial charge on any atom is -0.350 e. The third-order valence-corrected chi connectivity index (χ3v) is 3.62.